The average molecular weight is 473 g/mol. The lowest BCUT2D eigenvalue weighted by Crippen LogP contribution is -2.67. The van der Waals surface area contributed by atoms with Crippen LogP contribution in [0.25, 0.3) is 0 Å². The summed E-state index contributed by atoms with van der Waals surface area (Å²) in [5, 5.41) is 11.2. The fourth-order valence-corrected chi connectivity index (χ4v) is 9.58. The van der Waals surface area contributed by atoms with Crippen molar-refractivity contribution in [2.24, 2.45) is 0 Å². The predicted octanol–water partition coefficient (Wildman–Crippen LogP) is 4.77. The van der Waals surface area contributed by atoms with Gasteiger partial charge in [0, 0.05) is 12.1 Å². The lowest BCUT2D eigenvalue weighted by atomic mass is 10.1. The average Bonchev–Trinajstić information content (AvgIpc) is 3.20. The number of halogens is 1. The molecule has 0 aromatic heterocycles. The Labute approximate surface area is 201 Å². The highest BCUT2D eigenvalue weighted by molar-refractivity contribution is 6.99. The topological polar surface area (TPSA) is 53.3 Å². The monoisotopic (exact) mass is 472 g/mol. The molecule has 174 valence electrons. The van der Waals surface area contributed by atoms with Crippen LogP contribution in [0.1, 0.15) is 39.2 Å². The molecule has 1 fully saturated rings. The van der Waals surface area contributed by atoms with Gasteiger partial charge in [0.15, 0.2) is 0 Å². The van der Waals surface area contributed by atoms with Crippen LogP contribution in [0, 0.1) is 17.1 Å². The van der Waals surface area contributed by atoms with E-state index in [1.54, 1.807) is 11.0 Å². The molecule has 3 aromatic rings. The molecule has 34 heavy (non-hydrogen) atoms. The Morgan fingerprint density at radius 1 is 1.03 bits per heavy atom. The summed E-state index contributed by atoms with van der Waals surface area (Å²) in [7, 11) is -2.75. The molecule has 0 bridgehead atoms. The van der Waals surface area contributed by atoms with Gasteiger partial charge in [0.1, 0.15) is 11.9 Å². The van der Waals surface area contributed by atoms with Gasteiger partial charge < -0.3 is 9.33 Å². The standard InChI is InChI=1S/C28H29FN2O2Si/c1-28(2,3)34(24-10-6-4-7-11-24,25-12-8-5-9-13-25)33-20-23-16-17-27(32)31(23)22-15-14-21(19-30)26(29)18-22/h4-15,18,23H,16-17,20H2,1-3H3/t23-/m0/s1. The second-order valence-corrected chi connectivity index (χ2v) is 14.0. The smallest absolute Gasteiger partial charge is 0.261 e. The fourth-order valence-electron chi connectivity index (χ4n) is 4.98. The van der Waals surface area contributed by atoms with Crippen LogP contribution in [0.3, 0.4) is 0 Å². The molecular formula is C28H29FN2O2Si. The third kappa shape index (κ3) is 4.29. The number of hydrogen-bond acceptors (Lipinski definition) is 3. The van der Waals surface area contributed by atoms with Gasteiger partial charge in [-0.1, -0.05) is 81.4 Å². The first-order valence-electron chi connectivity index (χ1n) is 11.5. The first-order chi connectivity index (χ1) is 16.3. The molecule has 6 heteroatoms. The van der Waals surface area contributed by atoms with E-state index in [-0.39, 0.29) is 22.6 Å². The number of carbonyl (C=O) groups is 1. The van der Waals surface area contributed by atoms with E-state index in [1.807, 2.05) is 42.5 Å². The Kier molecular flexibility index (Phi) is 6.69. The largest absolute Gasteiger partial charge is 0.405 e. The number of hydrogen-bond donors (Lipinski definition) is 0. The predicted molar refractivity (Wildman–Crippen MR) is 135 cm³/mol. The summed E-state index contributed by atoms with van der Waals surface area (Å²) >= 11 is 0. The molecule has 1 saturated heterocycles. The number of amides is 1. The molecule has 1 amide bonds. The van der Waals surface area contributed by atoms with Crippen LogP contribution in [0.4, 0.5) is 10.1 Å². The van der Waals surface area contributed by atoms with Gasteiger partial charge in [-0.2, -0.15) is 5.26 Å². The van der Waals surface area contributed by atoms with Crippen molar-refractivity contribution >= 4 is 30.3 Å². The minimum Gasteiger partial charge on any atom is -0.405 e. The van der Waals surface area contributed by atoms with Gasteiger partial charge in [0.05, 0.1) is 18.2 Å². The van der Waals surface area contributed by atoms with Crippen molar-refractivity contribution in [3.63, 3.8) is 0 Å². The first kappa shape index (κ1) is 23.9. The maximum Gasteiger partial charge on any atom is 0.261 e. The highest BCUT2D eigenvalue weighted by Crippen LogP contribution is 2.38. The molecule has 0 unspecified atom stereocenters. The van der Waals surface area contributed by atoms with E-state index in [0.717, 1.165) is 0 Å². The molecule has 0 spiro atoms. The Morgan fingerprint density at radius 2 is 1.62 bits per heavy atom. The summed E-state index contributed by atoms with van der Waals surface area (Å²) < 4.78 is 21.4. The Bertz CT molecular complexity index is 1160. The Morgan fingerprint density at radius 3 is 2.12 bits per heavy atom. The van der Waals surface area contributed by atoms with Crippen molar-refractivity contribution in [1.82, 2.24) is 0 Å². The van der Waals surface area contributed by atoms with E-state index in [9.17, 15) is 9.18 Å². The molecule has 0 aliphatic carbocycles. The van der Waals surface area contributed by atoms with Crippen LogP contribution in [0.5, 0.6) is 0 Å². The van der Waals surface area contributed by atoms with Gasteiger partial charge in [-0.3, -0.25) is 4.79 Å². The first-order valence-corrected chi connectivity index (χ1v) is 13.5. The van der Waals surface area contributed by atoms with Gasteiger partial charge in [0.2, 0.25) is 5.91 Å². The Balaban J connectivity index is 1.72. The number of rotatable bonds is 6. The lowest BCUT2D eigenvalue weighted by Gasteiger charge is -2.44. The third-order valence-corrected chi connectivity index (χ3v) is 11.6. The number of benzene rings is 3. The molecule has 0 N–H and O–H groups in total. The van der Waals surface area contributed by atoms with Crippen molar-refractivity contribution in [1.29, 1.82) is 5.26 Å². The van der Waals surface area contributed by atoms with Crippen molar-refractivity contribution in [2.45, 2.75) is 44.7 Å². The zero-order valence-corrected chi connectivity index (χ0v) is 20.8. The normalized spacial score (nSPS) is 16.5. The van der Waals surface area contributed by atoms with Crippen LogP contribution in [0.15, 0.2) is 78.9 Å². The highest BCUT2D eigenvalue weighted by atomic mass is 28.4. The van der Waals surface area contributed by atoms with Crippen molar-refractivity contribution in [3.05, 3.63) is 90.2 Å². The summed E-state index contributed by atoms with van der Waals surface area (Å²) in [4.78, 5) is 14.4. The third-order valence-electron chi connectivity index (χ3n) is 6.59. The maximum absolute atomic E-state index is 14.3. The molecule has 1 atom stereocenters. The fraction of sp³-hybridized carbons (Fsp3) is 0.286. The molecule has 0 radical (unpaired) electrons. The molecular weight excluding hydrogens is 443 g/mol. The van der Waals surface area contributed by atoms with E-state index >= 15 is 0 Å². The van der Waals surface area contributed by atoms with Crippen LogP contribution in [-0.4, -0.2) is 26.9 Å². The summed E-state index contributed by atoms with van der Waals surface area (Å²) in [6, 6.07) is 26.7. The number of nitrogens with zero attached hydrogens (tertiary/aromatic N) is 2. The quantitative estimate of drug-likeness (QED) is 0.486. The molecule has 1 aliphatic heterocycles. The molecule has 0 saturated carbocycles. The van der Waals surface area contributed by atoms with Crippen LogP contribution < -0.4 is 15.3 Å². The minimum absolute atomic E-state index is 0.0319. The minimum atomic E-state index is -2.75. The van der Waals surface area contributed by atoms with Crippen LogP contribution >= 0.6 is 0 Å². The molecule has 4 nitrogen and oxygen atoms in total. The van der Waals surface area contributed by atoms with E-state index in [1.165, 1.54) is 22.5 Å². The lowest BCUT2D eigenvalue weighted by molar-refractivity contribution is -0.117. The van der Waals surface area contributed by atoms with Gasteiger partial charge in [-0.15, -0.1) is 0 Å². The summed E-state index contributed by atoms with van der Waals surface area (Å²) in [6.07, 6.45) is 1.02. The van der Waals surface area contributed by atoms with Gasteiger partial charge in [-0.05, 0) is 40.0 Å². The van der Waals surface area contributed by atoms with Gasteiger partial charge in [0.25, 0.3) is 8.32 Å². The van der Waals surface area contributed by atoms with E-state index in [0.29, 0.717) is 25.1 Å². The van der Waals surface area contributed by atoms with Gasteiger partial charge >= 0.3 is 0 Å². The summed E-state index contributed by atoms with van der Waals surface area (Å²) in [5.74, 6) is -0.675. The van der Waals surface area contributed by atoms with E-state index < -0.39 is 14.1 Å². The Hall–Kier alpha value is -3.27. The maximum atomic E-state index is 14.3. The van der Waals surface area contributed by atoms with Crippen molar-refractivity contribution < 1.29 is 13.6 Å². The molecule has 1 aliphatic rings. The number of carbonyl (C=O) groups excluding carboxylic acids is 1. The summed E-state index contributed by atoms with van der Waals surface area (Å²) in [6.45, 7) is 6.99. The van der Waals surface area contributed by atoms with Crippen LogP contribution in [0.2, 0.25) is 5.04 Å². The molecule has 3 aromatic carbocycles. The van der Waals surface area contributed by atoms with Crippen molar-refractivity contribution in [2.75, 3.05) is 11.5 Å². The van der Waals surface area contributed by atoms with E-state index in [2.05, 4.69) is 45.0 Å². The second kappa shape index (κ2) is 9.53. The zero-order chi connectivity index (χ0) is 24.3. The SMILES string of the molecule is CC(C)(C)[Si](OC[C@@H]1CCC(=O)N1c1ccc(C#N)c(F)c1)(c1ccccc1)c1ccccc1. The summed E-state index contributed by atoms with van der Waals surface area (Å²) in [5.41, 5.74) is 0.436. The molecule has 1 heterocycles. The second-order valence-electron chi connectivity index (χ2n) is 9.71. The highest BCUT2D eigenvalue weighted by Gasteiger charge is 2.51. The van der Waals surface area contributed by atoms with E-state index in [4.69, 9.17) is 9.69 Å². The van der Waals surface area contributed by atoms with Crippen LogP contribution in [-0.2, 0) is 9.22 Å². The van der Waals surface area contributed by atoms with Crippen molar-refractivity contribution in [3.8, 4) is 6.07 Å². The zero-order valence-electron chi connectivity index (χ0n) is 19.8. The van der Waals surface area contributed by atoms with Gasteiger partial charge in [-0.25, -0.2) is 4.39 Å². The number of nitriles is 1. The number of anilines is 1. The molecule has 4 rings (SSSR count).